The normalized spacial score (nSPS) is 19.8. The molecule has 4 heteroatoms. The summed E-state index contributed by atoms with van der Waals surface area (Å²) in [7, 11) is 0. The molecule has 1 fully saturated rings. The molecule has 0 saturated carbocycles. The fraction of sp³-hybridized carbons (Fsp3) is 0.944. The molecule has 0 aliphatic carbocycles. The van der Waals surface area contributed by atoms with E-state index in [1.165, 1.54) is 19.3 Å². The molecule has 0 spiro atoms. The van der Waals surface area contributed by atoms with Gasteiger partial charge in [0.15, 0.2) is 0 Å². The van der Waals surface area contributed by atoms with E-state index < -0.39 is 5.60 Å². The third-order valence-corrected chi connectivity index (χ3v) is 4.49. The van der Waals surface area contributed by atoms with Crippen LogP contribution in [0.1, 0.15) is 73.6 Å². The highest BCUT2D eigenvalue weighted by molar-refractivity contribution is 5.68. The van der Waals surface area contributed by atoms with E-state index in [9.17, 15) is 4.79 Å². The van der Waals surface area contributed by atoms with Crippen molar-refractivity contribution >= 4 is 6.09 Å². The minimum atomic E-state index is -0.407. The molecule has 0 aromatic carbocycles. The molecule has 4 nitrogen and oxygen atoms in total. The zero-order valence-corrected chi connectivity index (χ0v) is 15.4. The molecule has 0 aromatic heterocycles. The van der Waals surface area contributed by atoms with E-state index in [4.69, 9.17) is 4.74 Å². The third-order valence-electron chi connectivity index (χ3n) is 4.49. The molecule has 1 saturated heterocycles. The molecule has 22 heavy (non-hydrogen) atoms. The van der Waals surface area contributed by atoms with Crippen LogP contribution >= 0.6 is 0 Å². The number of hydrogen-bond donors (Lipinski definition) is 1. The second-order valence-corrected chi connectivity index (χ2v) is 7.76. The van der Waals surface area contributed by atoms with E-state index in [-0.39, 0.29) is 6.09 Å². The van der Waals surface area contributed by atoms with Gasteiger partial charge >= 0.3 is 6.09 Å². The summed E-state index contributed by atoms with van der Waals surface area (Å²) in [5.41, 5.74) is -0.407. The lowest BCUT2D eigenvalue weighted by Gasteiger charge is -2.35. The average molecular weight is 312 g/mol. The molecular weight excluding hydrogens is 276 g/mol. The molecule has 0 bridgehead atoms. The fourth-order valence-electron chi connectivity index (χ4n) is 2.89. The number of rotatable bonds is 6. The quantitative estimate of drug-likeness (QED) is 0.799. The van der Waals surface area contributed by atoms with E-state index in [0.29, 0.717) is 12.1 Å². The first-order chi connectivity index (χ1) is 10.2. The first-order valence-corrected chi connectivity index (χ1v) is 8.99. The fourth-order valence-corrected chi connectivity index (χ4v) is 2.89. The Morgan fingerprint density at radius 1 is 1.23 bits per heavy atom. The van der Waals surface area contributed by atoms with Crippen molar-refractivity contribution in [3.63, 3.8) is 0 Å². The molecule has 2 unspecified atom stereocenters. The van der Waals surface area contributed by atoms with E-state index in [2.05, 4.69) is 26.1 Å². The Kier molecular flexibility index (Phi) is 7.67. The van der Waals surface area contributed by atoms with Crippen LogP contribution in [-0.4, -0.2) is 41.8 Å². The second kappa shape index (κ2) is 8.76. The highest BCUT2D eigenvalue weighted by atomic mass is 16.6. The molecule has 130 valence electrons. The zero-order valence-electron chi connectivity index (χ0n) is 15.4. The number of nitrogens with zero attached hydrogens (tertiary/aromatic N) is 1. The van der Waals surface area contributed by atoms with E-state index in [1.54, 1.807) is 0 Å². The number of ether oxygens (including phenoxy) is 1. The van der Waals surface area contributed by atoms with Crippen molar-refractivity contribution in [1.29, 1.82) is 0 Å². The topological polar surface area (TPSA) is 41.6 Å². The summed E-state index contributed by atoms with van der Waals surface area (Å²) in [5, 5.41) is 3.80. The van der Waals surface area contributed by atoms with Crippen LogP contribution < -0.4 is 5.32 Å². The van der Waals surface area contributed by atoms with Crippen LogP contribution in [-0.2, 0) is 4.74 Å². The van der Waals surface area contributed by atoms with Gasteiger partial charge in [0.05, 0.1) is 0 Å². The minimum Gasteiger partial charge on any atom is -0.444 e. The number of likely N-dealkylation sites (tertiary alicyclic amines) is 1. The summed E-state index contributed by atoms with van der Waals surface area (Å²) in [5.74, 6) is 0.777. The number of carbonyl (C=O) groups is 1. The Balaban J connectivity index is 2.36. The number of hydrogen-bond acceptors (Lipinski definition) is 3. The standard InChI is InChI=1S/C18H36N2O2/c1-7-14(3)13-15(8-2)19-16-9-11-20(12-10-16)17(21)22-18(4,5)6/h14-16,19H,7-13H2,1-6H3. The highest BCUT2D eigenvalue weighted by Gasteiger charge is 2.27. The third kappa shape index (κ3) is 6.99. The Labute approximate surface area is 137 Å². The summed E-state index contributed by atoms with van der Waals surface area (Å²) >= 11 is 0. The zero-order chi connectivity index (χ0) is 16.8. The molecule has 0 aromatic rings. The van der Waals surface area contributed by atoms with Gasteiger partial charge in [-0.2, -0.15) is 0 Å². The lowest BCUT2D eigenvalue weighted by atomic mass is 9.95. The van der Waals surface area contributed by atoms with Gasteiger partial charge in [-0.05, 0) is 52.4 Å². The number of amides is 1. The van der Waals surface area contributed by atoms with Crippen LogP contribution in [0.25, 0.3) is 0 Å². The van der Waals surface area contributed by atoms with Crippen LogP contribution in [0.4, 0.5) is 4.79 Å². The molecule has 1 amide bonds. The summed E-state index contributed by atoms with van der Waals surface area (Å²) in [6, 6.07) is 1.14. The van der Waals surface area contributed by atoms with Gasteiger partial charge < -0.3 is 15.0 Å². The minimum absolute atomic E-state index is 0.169. The van der Waals surface area contributed by atoms with Crippen molar-refractivity contribution in [3.05, 3.63) is 0 Å². The first-order valence-electron chi connectivity index (χ1n) is 8.99. The van der Waals surface area contributed by atoms with Crippen molar-refractivity contribution in [2.24, 2.45) is 5.92 Å². The lowest BCUT2D eigenvalue weighted by molar-refractivity contribution is 0.0195. The Bertz CT molecular complexity index is 330. The van der Waals surface area contributed by atoms with Crippen molar-refractivity contribution in [2.45, 2.75) is 91.3 Å². The van der Waals surface area contributed by atoms with Crippen molar-refractivity contribution in [2.75, 3.05) is 13.1 Å². The van der Waals surface area contributed by atoms with Gasteiger partial charge in [0, 0.05) is 25.2 Å². The summed E-state index contributed by atoms with van der Waals surface area (Å²) in [6.45, 7) is 14.2. The van der Waals surface area contributed by atoms with Crippen molar-refractivity contribution in [1.82, 2.24) is 10.2 Å². The molecule has 2 atom stereocenters. The van der Waals surface area contributed by atoms with E-state index >= 15 is 0 Å². The Morgan fingerprint density at radius 2 is 1.82 bits per heavy atom. The summed E-state index contributed by atoms with van der Waals surface area (Å²) in [6.07, 6.45) is 5.55. The van der Waals surface area contributed by atoms with Crippen LogP contribution in [0.5, 0.6) is 0 Å². The first kappa shape index (κ1) is 19.3. The Hall–Kier alpha value is -0.770. The van der Waals surface area contributed by atoms with Gasteiger partial charge in [-0.15, -0.1) is 0 Å². The maximum Gasteiger partial charge on any atom is 0.410 e. The van der Waals surface area contributed by atoms with Crippen LogP contribution in [0, 0.1) is 5.92 Å². The number of nitrogens with one attached hydrogen (secondary N) is 1. The second-order valence-electron chi connectivity index (χ2n) is 7.76. The summed E-state index contributed by atoms with van der Waals surface area (Å²) in [4.78, 5) is 13.9. The summed E-state index contributed by atoms with van der Waals surface area (Å²) < 4.78 is 5.45. The van der Waals surface area contributed by atoms with Gasteiger partial charge in [-0.1, -0.05) is 27.2 Å². The maximum atomic E-state index is 12.1. The van der Waals surface area contributed by atoms with Crippen LogP contribution in [0.3, 0.4) is 0 Å². The predicted molar refractivity (Wildman–Crippen MR) is 92.1 cm³/mol. The smallest absolute Gasteiger partial charge is 0.410 e. The Morgan fingerprint density at radius 3 is 2.27 bits per heavy atom. The predicted octanol–water partition coefficient (Wildman–Crippen LogP) is 4.19. The molecule has 1 rings (SSSR count). The van der Waals surface area contributed by atoms with Gasteiger partial charge in [0.2, 0.25) is 0 Å². The van der Waals surface area contributed by atoms with E-state index in [0.717, 1.165) is 31.8 Å². The molecule has 1 heterocycles. The SMILES string of the molecule is CCC(C)CC(CC)NC1CCN(C(=O)OC(C)(C)C)CC1. The molecule has 1 aliphatic rings. The largest absolute Gasteiger partial charge is 0.444 e. The van der Waals surface area contributed by atoms with Gasteiger partial charge in [-0.25, -0.2) is 4.79 Å². The van der Waals surface area contributed by atoms with Gasteiger partial charge in [0.1, 0.15) is 5.60 Å². The van der Waals surface area contributed by atoms with Crippen LogP contribution in [0.15, 0.2) is 0 Å². The lowest BCUT2D eigenvalue weighted by Crippen LogP contribution is -2.49. The monoisotopic (exact) mass is 312 g/mol. The highest BCUT2D eigenvalue weighted by Crippen LogP contribution is 2.18. The number of carbonyl (C=O) groups excluding carboxylic acids is 1. The van der Waals surface area contributed by atoms with Crippen molar-refractivity contribution in [3.8, 4) is 0 Å². The molecule has 0 radical (unpaired) electrons. The molecule has 1 aliphatic heterocycles. The average Bonchev–Trinajstić information content (AvgIpc) is 2.45. The van der Waals surface area contributed by atoms with Gasteiger partial charge in [0.25, 0.3) is 0 Å². The molecule has 1 N–H and O–H groups in total. The van der Waals surface area contributed by atoms with Crippen LogP contribution in [0.2, 0.25) is 0 Å². The van der Waals surface area contributed by atoms with E-state index in [1.807, 2.05) is 25.7 Å². The number of piperidine rings is 1. The van der Waals surface area contributed by atoms with Crippen molar-refractivity contribution < 1.29 is 9.53 Å². The maximum absolute atomic E-state index is 12.1. The van der Waals surface area contributed by atoms with Gasteiger partial charge in [-0.3, -0.25) is 0 Å². The molecular formula is C18H36N2O2.